The first kappa shape index (κ1) is 15.4. The molecule has 0 saturated heterocycles. The van der Waals surface area contributed by atoms with E-state index in [0.29, 0.717) is 11.3 Å². The van der Waals surface area contributed by atoms with Gasteiger partial charge in [0, 0.05) is 5.69 Å². The molecule has 0 fully saturated rings. The summed E-state index contributed by atoms with van der Waals surface area (Å²) in [5.74, 6) is -2.65. The second kappa shape index (κ2) is 6.50. The van der Waals surface area contributed by atoms with E-state index in [1.807, 2.05) is 0 Å². The number of primary amides is 1. The van der Waals surface area contributed by atoms with Crippen LogP contribution in [-0.4, -0.2) is 29.1 Å². The number of nitrogens with two attached hydrogens (primary N) is 1. The predicted octanol–water partition coefficient (Wildman–Crippen LogP) is 0.584. The molecule has 0 bridgehead atoms. The second-order valence-corrected chi connectivity index (χ2v) is 4.12. The fourth-order valence-corrected chi connectivity index (χ4v) is 1.45. The molecule has 7 nitrogen and oxygen atoms in total. The van der Waals surface area contributed by atoms with Crippen LogP contribution in [0, 0.1) is 12.7 Å². The first-order chi connectivity index (χ1) is 9.29. The van der Waals surface area contributed by atoms with Gasteiger partial charge in [0.15, 0.2) is 0 Å². The van der Waals surface area contributed by atoms with Gasteiger partial charge in [-0.05, 0) is 30.7 Å². The number of nitrogens with one attached hydrogen (secondary N) is 2. The molecular weight excluding hydrogens is 269 g/mol. The largest absolute Gasteiger partial charge is 0.480 e. The molecule has 0 aliphatic heterocycles. The van der Waals surface area contributed by atoms with Gasteiger partial charge in [-0.25, -0.2) is 14.0 Å². The van der Waals surface area contributed by atoms with Crippen LogP contribution in [0.1, 0.15) is 12.0 Å². The van der Waals surface area contributed by atoms with Gasteiger partial charge in [0.1, 0.15) is 11.9 Å². The van der Waals surface area contributed by atoms with E-state index in [9.17, 15) is 18.8 Å². The van der Waals surface area contributed by atoms with E-state index in [-0.39, 0.29) is 0 Å². The number of hydrogen-bond acceptors (Lipinski definition) is 3. The summed E-state index contributed by atoms with van der Waals surface area (Å²) in [7, 11) is 0. The summed E-state index contributed by atoms with van der Waals surface area (Å²) in [4.78, 5) is 33.1. The number of benzene rings is 1. The Morgan fingerprint density at radius 1 is 1.40 bits per heavy atom. The van der Waals surface area contributed by atoms with Crippen molar-refractivity contribution in [2.45, 2.75) is 19.4 Å². The third kappa shape index (κ3) is 4.56. The molecule has 108 valence electrons. The Morgan fingerprint density at radius 3 is 2.55 bits per heavy atom. The van der Waals surface area contributed by atoms with Gasteiger partial charge in [0.25, 0.3) is 0 Å². The lowest BCUT2D eigenvalue weighted by atomic mass is 10.2. The maximum Gasteiger partial charge on any atom is 0.326 e. The number of anilines is 1. The normalized spacial score (nSPS) is 11.5. The average Bonchev–Trinajstić information content (AvgIpc) is 2.32. The topological polar surface area (TPSA) is 122 Å². The molecule has 5 N–H and O–H groups in total. The zero-order valence-corrected chi connectivity index (χ0v) is 10.6. The van der Waals surface area contributed by atoms with E-state index in [2.05, 4.69) is 10.6 Å². The first-order valence-electron chi connectivity index (χ1n) is 5.64. The quantitative estimate of drug-likeness (QED) is 0.631. The maximum atomic E-state index is 13.0. The Hall–Kier alpha value is -2.64. The molecule has 3 amide bonds. The molecule has 0 saturated carbocycles. The number of aliphatic carboxylic acids is 1. The Labute approximate surface area is 114 Å². The number of carboxylic acids is 1. The molecule has 1 aromatic rings. The number of urea groups is 1. The van der Waals surface area contributed by atoms with Crippen molar-refractivity contribution in [3.05, 3.63) is 29.6 Å². The smallest absolute Gasteiger partial charge is 0.326 e. The lowest BCUT2D eigenvalue weighted by Crippen LogP contribution is -2.45. The van der Waals surface area contributed by atoms with Crippen molar-refractivity contribution in [3.63, 3.8) is 0 Å². The van der Waals surface area contributed by atoms with Gasteiger partial charge in [0.05, 0.1) is 6.42 Å². The molecule has 1 atom stereocenters. The van der Waals surface area contributed by atoms with Crippen molar-refractivity contribution >= 4 is 23.6 Å². The number of aryl methyl sites for hydroxylation is 1. The number of halogens is 1. The second-order valence-electron chi connectivity index (χ2n) is 4.12. The molecular formula is C12H14FN3O4. The third-order valence-corrected chi connectivity index (χ3v) is 2.42. The van der Waals surface area contributed by atoms with E-state index in [1.165, 1.54) is 25.1 Å². The minimum Gasteiger partial charge on any atom is -0.480 e. The molecule has 0 unspecified atom stereocenters. The van der Waals surface area contributed by atoms with Crippen molar-refractivity contribution in [1.29, 1.82) is 0 Å². The summed E-state index contributed by atoms with van der Waals surface area (Å²) in [6, 6.07) is 1.63. The van der Waals surface area contributed by atoms with Crippen LogP contribution in [0.2, 0.25) is 0 Å². The van der Waals surface area contributed by atoms with E-state index >= 15 is 0 Å². The van der Waals surface area contributed by atoms with Crippen molar-refractivity contribution in [3.8, 4) is 0 Å². The molecule has 0 heterocycles. The van der Waals surface area contributed by atoms with Gasteiger partial charge < -0.3 is 21.5 Å². The van der Waals surface area contributed by atoms with Gasteiger partial charge >= 0.3 is 12.0 Å². The molecule has 0 aliphatic carbocycles. The van der Waals surface area contributed by atoms with E-state index in [0.717, 1.165) is 0 Å². The molecule has 0 aromatic heterocycles. The van der Waals surface area contributed by atoms with Gasteiger partial charge in [-0.15, -0.1) is 0 Å². The minimum absolute atomic E-state index is 0.296. The van der Waals surface area contributed by atoms with Crippen LogP contribution in [0.3, 0.4) is 0 Å². The highest BCUT2D eigenvalue weighted by Crippen LogP contribution is 2.13. The van der Waals surface area contributed by atoms with Crippen LogP contribution in [0.15, 0.2) is 18.2 Å². The summed E-state index contributed by atoms with van der Waals surface area (Å²) in [5.41, 5.74) is 5.50. The van der Waals surface area contributed by atoms with Gasteiger partial charge in [-0.2, -0.15) is 0 Å². The zero-order valence-electron chi connectivity index (χ0n) is 10.6. The Kier molecular flexibility index (Phi) is 5.01. The van der Waals surface area contributed by atoms with Gasteiger partial charge in [-0.1, -0.05) is 0 Å². The summed E-state index contributed by atoms with van der Waals surface area (Å²) >= 11 is 0. The maximum absolute atomic E-state index is 13.0. The van der Waals surface area contributed by atoms with Crippen molar-refractivity contribution in [1.82, 2.24) is 5.32 Å². The number of hydrogen-bond donors (Lipinski definition) is 4. The zero-order chi connectivity index (χ0) is 15.3. The summed E-state index contributed by atoms with van der Waals surface area (Å²) < 4.78 is 13.0. The summed E-state index contributed by atoms with van der Waals surface area (Å²) in [6.45, 7) is 1.52. The third-order valence-electron chi connectivity index (χ3n) is 2.42. The molecule has 0 radical (unpaired) electrons. The van der Waals surface area contributed by atoms with Crippen LogP contribution in [0.5, 0.6) is 0 Å². The lowest BCUT2D eigenvalue weighted by molar-refractivity contribution is -0.140. The first-order valence-corrected chi connectivity index (χ1v) is 5.64. The molecule has 0 spiro atoms. The lowest BCUT2D eigenvalue weighted by Gasteiger charge is -2.14. The highest BCUT2D eigenvalue weighted by molar-refractivity contribution is 5.93. The number of carboxylic acid groups (broad SMARTS) is 1. The molecule has 8 heteroatoms. The Morgan fingerprint density at radius 2 is 2.05 bits per heavy atom. The SMILES string of the molecule is Cc1cc(NC(=O)N[C@H](CC(N)=O)C(=O)O)ccc1F. The predicted molar refractivity (Wildman–Crippen MR) is 68.5 cm³/mol. The van der Waals surface area contributed by atoms with Crippen molar-refractivity contribution in [2.75, 3.05) is 5.32 Å². The minimum atomic E-state index is -1.42. The standard InChI is InChI=1S/C12H14FN3O4/c1-6-4-7(2-3-8(6)13)15-12(20)16-9(11(18)19)5-10(14)17/h2-4,9H,5H2,1H3,(H2,14,17)(H,18,19)(H2,15,16,20)/t9-/m1/s1. The number of carbonyl (C=O) groups excluding carboxylic acids is 2. The van der Waals surface area contributed by atoms with E-state index in [4.69, 9.17) is 10.8 Å². The highest BCUT2D eigenvalue weighted by atomic mass is 19.1. The van der Waals surface area contributed by atoms with Crippen LogP contribution in [-0.2, 0) is 9.59 Å². The summed E-state index contributed by atoms with van der Waals surface area (Å²) in [5, 5.41) is 13.2. The van der Waals surface area contributed by atoms with Crippen molar-refractivity contribution in [2.24, 2.45) is 5.73 Å². The van der Waals surface area contributed by atoms with E-state index in [1.54, 1.807) is 0 Å². The molecule has 0 aliphatic rings. The fraction of sp³-hybridized carbons (Fsp3) is 0.250. The number of rotatable bonds is 5. The molecule has 20 heavy (non-hydrogen) atoms. The van der Waals surface area contributed by atoms with E-state index < -0.39 is 36.2 Å². The highest BCUT2D eigenvalue weighted by Gasteiger charge is 2.22. The van der Waals surface area contributed by atoms with Gasteiger partial charge in [-0.3, -0.25) is 4.79 Å². The van der Waals surface area contributed by atoms with Crippen LogP contribution in [0.4, 0.5) is 14.9 Å². The van der Waals surface area contributed by atoms with Crippen molar-refractivity contribution < 1.29 is 23.9 Å². The monoisotopic (exact) mass is 283 g/mol. The molecule has 1 aromatic carbocycles. The van der Waals surface area contributed by atoms with Gasteiger partial charge in [0.2, 0.25) is 5.91 Å². The summed E-state index contributed by atoms with van der Waals surface area (Å²) in [6.07, 6.45) is -0.523. The Balaban J connectivity index is 2.67. The average molecular weight is 283 g/mol. The Bertz CT molecular complexity index is 548. The van der Waals surface area contributed by atoms with Crippen LogP contribution >= 0.6 is 0 Å². The fourth-order valence-electron chi connectivity index (χ4n) is 1.45. The number of carbonyl (C=O) groups is 3. The number of amides is 3. The molecule has 1 rings (SSSR count). The van der Waals surface area contributed by atoms with Crippen LogP contribution in [0.25, 0.3) is 0 Å². The van der Waals surface area contributed by atoms with Crippen LogP contribution < -0.4 is 16.4 Å².